The van der Waals surface area contributed by atoms with Crippen molar-refractivity contribution in [2.75, 3.05) is 0 Å². The average molecular weight is 233 g/mol. The Kier molecular flexibility index (Phi) is 2.65. The molecule has 1 aromatic rings. The van der Waals surface area contributed by atoms with E-state index < -0.39 is 18.2 Å². The van der Waals surface area contributed by atoms with E-state index in [1.807, 2.05) is 0 Å². The Hall–Kier alpha value is -1.10. The molecule has 64 valence electrons. The molecule has 0 atom stereocenters. The van der Waals surface area contributed by atoms with Gasteiger partial charge >= 0.3 is 5.97 Å². The van der Waals surface area contributed by atoms with Gasteiger partial charge in [0.25, 0.3) is 0 Å². The lowest BCUT2D eigenvalue weighted by Crippen LogP contribution is -2.05. The molecule has 1 rings (SSSR count). The van der Waals surface area contributed by atoms with E-state index in [0.29, 0.717) is 4.67 Å². The minimum atomic E-state index is -1.16. The van der Waals surface area contributed by atoms with E-state index in [9.17, 15) is 9.59 Å². The van der Waals surface area contributed by atoms with E-state index in [4.69, 9.17) is 9.52 Å². The van der Waals surface area contributed by atoms with Crippen LogP contribution in [0.15, 0.2) is 21.2 Å². The molecule has 0 saturated carbocycles. The molecular weight excluding hydrogens is 228 g/mol. The maximum Gasteiger partial charge on any atom is 0.311 e. The molecule has 12 heavy (non-hydrogen) atoms. The predicted molar refractivity (Wildman–Crippen MR) is 43.0 cm³/mol. The van der Waals surface area contributed by atoms with Gasteiger partial charge in [-0.1, -0.05) is 0 Å². The number of carboxylic acids is 1. The Labute approximate surface area is 76.3 Å². The lowest BCUT2D eigenvalue weighted by molar-refractivity contribution is -0.135. The number of carbonyl (C=O) groups excluding carboxylic acids is 1. The van der Waals surface area contributed by atoms with Crippen LogP contribution in [0.4, 0.5) is 0 Å². The lowest BCUT2D eigenvalue weighted by atomic mass is 10.2. The molecule has 0 aliphatic carbocycles. The number of carboxylic acid groups (broad SMARTS) is 1. The van der Waals surface area contributed by atoms with E-state index in [2.05, 4.69) is 15.9 Å². The fourth-order valence-electron chi connectivity index (χ4n) is 0.689. The summed E-state index contributed by atoms with van der Waals surface area (Å²) >= 11 is 3.00. The van der Waals surface area contributed by atoms with E-state index in [1.165, 1.54) is 12.1 Å². The fourth-order valence-corrected chi connectivity index (χ4v) is 0.995. The van der Waals surface area contributed by atoms with Gasteiger partial charge in [0.1, 0.15) is 6.42 Å². The summed E-state index contributed by atoms with van der Waals surface area (Å²) < 4.78 is 5.26. The van der Waals surface area contributed by atoms with Gasteiger partial charge in [0.05, 0.1) is 0 Å². The second-order valence-electron chi connectivity index (χ2n) is 2.10. The molecule has 0 fully saturated rings. The van der Waals surface area contributed by atoms with Gasteiger partial charge in [0, 0.05) is 0 Å². The van der Waals surface area contributed by atoms with Gasteiger partial charge in [-0.05, 0) is 28.1 Å². The van der Waals surface area contributed by atoms with Crippen molar-refractivity contribution in [3.05, 3.63) is 22.6 Å². The van der Waals surface area contributed by atoms with Gasteiger partial charge < -0.3 is 9.52 Å². The number of furan rings is 1. The number of hydrogen-bond donors (Lipinski definition) is 1. The van der Waals surface area contributed by atoms with Crippen LogP contribution in [-0.4, -0.2) is 16.9 Å². The van der Waals surface area contributed by atoms with E-state index >= 15 is 0 Å². The zero-order valence-electron chi connectivity index (χ0n) is 5.91. The third-order valence-corrected chi connectivity index (χ3v) is 1.59. The van der Waals surface area contributed by atoms with Crippen molar-refractivity contribution in [2.24, 2.45) is 0 Å². The van der Waals surface area contributed by atoms with E-state index in [1.54, 1.807) is 0 Å². The summed E-state index contributed by atoms with van der Waals surface area (Å²) in [6.45, 7) is 0. The van der Waals surface area contributed by atoms with Crippen molar-refractivity contribution in [3.63, 3.8) is 0 Å². The first-order valence-corrected chi connectivity index (χ1v) is 3.89. The molecule has 1 aromatic heterocycles. The Bertz CT molecular complexity index is 315. The quantitative estimate of drug-likeness (QED) is 0.637. The monoisotopic (exact) mass is 232 g/mol. The first-order valence-electron chi connectivity index (χ1n) is 3.10. The summed E-state index contributed by atoms with van der Waals surface area (Å²) in [7, 11) is 0. The molecular formula is C7H5BrO4. The second-order valence-corrected chi connectivity index (χ2v) is 2.88. The van der Waals surface area contributed by atoms with Crippen molar-refractivity contribution in [2.45, 2.75) is 6.42 Å². The molecule has 1 N–H and O–H groups in total. The Morgan fingerprint density at radius 1 is 1.50 bits per heavy atom. The van der Waals surface area contributed by atoms with Crippen LogP contribution < -0.4 is 0 Å². The van der Waals surface area contributed by atoms with Crippen molar-refractivity contribution < 1.29 is 19.1 Å². The van der Waals surface area contributed by atoms with Gasteiger partial charge in [-0.3, -0.25) is 9.59 Å². The van der Waals surface area contributed by atoms with E-state index in [0.717, 1.165) is 0 Å². The minimum absolute atomic E-state index is 0.0595. The van der Waals surface area contributed by atoms with Gasteiger partial charge in [-0.15, -0.1) is 0 Å². The number of carbonyl (C=O) groups is 2. The number of halogens is 1. The van der Waals surface area contributed by atoms with Crippen LogP contribution in [-0.2, 0) is 4.79 Å². The first kappa shape index (κ1) is 8.99. The highest BCUT2D eigenvalue weighted by Crippen LogP contribution is 2.15. The molecule has 1 heterocycles. The lowest BCUT2D eigenvalue weighted by Gasteiger charge is -1.90. The fraction of sp³-hybridized carbons (Fsp3) is 0.143. The molecule has 0 aliphatic heterocycles. The highest BCUT2D eigenvalue weighted by Gasteiger charge is 2.13. The van der Waals surface area contributed by atoms with Crippen LogP contribution in [0.1, 0.15) is 17.0 Å². The molecule has 0 radical (unpaired) electrons. The number of ketones is 1. The first-order chi connectivity index (χ1) is 5.59. The zero-order valence-corrected chi connectivity index (χ0v) is 7.50. The summed E-state index contributed by atoms with van der Waals surface area (Å²) in [4.78, 5) is 21.1. The number of hydrogen-bond acceptors (Lipinski definition) is 3. The van der Waals surface area contributed by atoms with Gasteiger partial charge in [-0.25, -0.2) is 0 Å². The highest BCUT2D eigenvalue weighted by molar-refractivity contribution is 9.10. The van der Waals surface area contributed by atoms with Crippen LogP contribution >= 0.6 is 15.9 Å². The Balaban J connectivity index is 2.72. The second kappa shape index (κ2) is 3.53. The van der Waals surface area contributed by atoms with Crippen LogP contribution in [0.2, 0.25) is 0 Å². The summed E-state index contributed by atoms with van der Waals surface area (Å²) in [5.41, 5.74) is 0. The van der Waals surface area contributed by atoms with E-state index in [-0.39, 0.29) is 5.76 Å². The normalized spacial score (nSPS) is 9.75. The number of rotatable bonds is 3. The van der Waals surface area contributed by atoms with Crippen LogP contribution in [0, 0.1) is 0 Å². The Morgan fingerprint density at radius 2 is 2.17 bits per heavy atom. The number of Topliss-reactive ketones (excluding diaryl/α,β-unsaturated/α-hetero) is 1. The highest BCUT2D eigenvalue weighted by atomic mass is 79.9. The summed E-state index contributed by atoms with van der Waals surface area (Å²) in [6, 6.07) is 2.96. The molecule has 4 nitrogen and oxygen atoms in total. The average Bonchev–Trinajstić information content (AvgIpc) is 2.34. The maximum atomic E-state index is 11.0. The van der Waals surface area contributed by atoms with Gasteiger partial charge in [0.2, 0.25) is 5.78 Å². The molecule has 0 aliphatic rings. The minimum Gasteiger partial charge on any atom is -0.481 e. The largest absolute Gasteiger partial charge is 0.481 e. The topological polar surface area (TPSA) is 67.5 Å². The molecule has 0 bridgehead atoms. The SMILES string of the molecule is O=C(O)CC(=O)c1ccc(Br)o1. The summed E-state index contributed by atoms with van der Waals surface area (Å²) in [5.74, 6) is -1.63. The smallest absolute Gasteiger partial charge is 0.311 e. The van der Waals surface area contributed by atoms with Crippen LogP contribution in [0.3, 0.4) is 0 Å². The Morgan fingerprint density at radius 3 is 2.58 bits per heavy atom. The molecule has 0 saturated heterocycles. The summed E-state index contributed by atoms with van der Waals surface area (Å²) in [5, 5.41) is 8.28. The van der Waals surface area contributed by atoms with Crippen molar-refractivity contribution in [1.29, 1.82) is 0 Å². The molecule has 0 aromatic carbocycles. The molecule has 0 amide bonds. The summed E-state index contributed by atoms with van der Waals surface area (Å²) in [6.07, 6.45) is -0.542. The third kappa shape index (κ3) is 2.20. The maximum absolute atomic E-state index is 11.0. The standard InChI is InChI=1S/C7H5BrO4/c8-6-2-1-5(12-6)4(9)3-7(10)11/h1-2H,3H2,(H,10,11). The molecule has 0 unspecified atom stereocenters. The van der Waals surface area contributed by atoms with Gasteiger partial charge in [0.15, 0.2) is 10.4 Å². The van der Waals surface area contributed by atoms with Crippen LogP contribution in [0.25, 0.3) is 0 Å². The predicted octanol–water partition coefficient (Wildman–Crippen LogP) is 1.70. The van der Waals surface area contributed by atoms with Crippen LogP contribution in [0.5, 0.6) is 0 Å². The van der Waals surface area contributed by atoms with Crippen molar-refractivity contribution in [1.82, 2.24) is 0 Å². The number of aliphatic carboxylic acids is 1. The zero-order chi connectivity index (χ0) is 9.14. The van der Waals surface area contributed by atoms with Crippen molar-refractivity contribution in [3.8, 4) is 0 Å². The molecule has 5 heteroatoms. The van der Waals surface area contributed by atoms with Crippen molar-refractivity contribution >= 4 is 27.7 Å². The van der Waals surface area contributed by atoms with Gasteiger partial charge in [-0.2, -0.15) is 0 Å². The third-order valence-electron chi connectivity index (χ3n) is 1.16. The molecule has 0 spiro atoms.